The fraction of sp³-hybridized carbons (Fsp3) is 0.500. The van der Waals surface area contributed by atoms with E-state index in [0.717, 1.165) is 18.6 Å². The summed E-state index contributed by atoms with van der Waals surface area (Å²) in [7, 11) is 0. The first-order chi connectivity index (χ1) is 10.6. The normalized spacial score (nSPS) is 13.4. The fourth-order valence-electron chi connectivity index (χ4n) is 1.84. The number of hydrogen-bond donors (Lipinski definition) is 3. The zero-order valence-corrected chi connectivity index (χ0v) is 13.5. The molecule has 0 radical (unpaired) electrons. The first-order valence-electron chi connectivity index (χ1n) is 7.40. The molecule has 22 heavy (non-hydrogen) atoms. The molecule has 0 fully saturated rings. The molecule has 0 heterocycles. The highest BCUT2D eigenvalue weighted by atomic mass is 32.2. The quantitative estimate of drug-likeness (QED) is 0.574. The molecule has 0 spiro atoms. The number of aliphatic hydroxyl groups excluding tert-OH is 1. The topological polar surface area (TPSA) is 86.6 Å². The van der Waals surface area contributed by atoms with Crippen LogP contribution < -0.4 is 5.32 Å². The maximum absolute atomic E-state index is 12.0. The highest BCUT2D eigenvalue weighted by Gasteiger charge is 2.24. The molecular formula is C16H23NO4S. The molecule has 6 heteroatoms. The van der Waals surface area contributed by atoms with Gasteiger partial charge in [0.15, 0.2) is 6.10 Å². The van der Waals surface area contributed by atoms with Gasteiger partial charge in [0.05, 0.1) is 0 Å². The average molecular weight is 325 g/mol. The van der Waals surface area contributed by atoms with Crippen LogP contribution in [0.4, 0.5) is 0 Å². The third-order valence-corrected chi connectivity index (χ3v) is 4.27. The molecular weight excluding hydrogens is 302 g/mol. The van der Waals surface area contributed by atoms with Crippen LogP contribution in [0.15, 0.2) is 30.3 Å². The standard InChI is InChI=1S/C16H23NO4S/c1-2-3-10-22-11-9-13(16(20)21)17-15(19)14(18)12-7-5-4-6-8-12/h4-8,13-14,18H,2-3,9-11H2,1H3,(H,17,19)(H,20,21). The van der Waals surface area contributed by atoms with Crippen molar-refractivity contribution in [2.45, 2.75) is 38.3 Å². The minimum absolute atomic E-state index is 0.344. The van der Waals surface area contributed by atoms with Crippen molar-refractivity contribution in [2.24, 2.45) is 0 Å². The van der Waals surface area contributed by atoms with Crippen LogP contribution in [0.5, 0.6) is 0 Å². The summed E-state index contributed by atoms with van der Waals surface area (Å²) >= 11 is 1.68. The van der Waals surface area contributed by atoms with Crippen molar-refractivity contribution in [1.82, 2.24) is 5.32 Å². The van der Waals surface area contributed by atoms with Crippen molar-refractivity contribution in [2.75, 3.05) is 11.5 Å². The Morgan fingerprint density at radius 1 is 1.23 bits per heavy atom. The Bertz CT molecular complexity index is 466. The predicted octanol–water partition coefficient (Wildman–Crippen LogP) is 2.21. The van der Waals surface area contributed by atoms with Gasteiger partial charge in [-0.25, -0.2) is 4.79 Å². The van der Waals surface area contributed by atoms with Gasteiger partial charge in [-0.1, -0.05) is 43.7 Å². The maximum Gasteiger partial charge on any atom is 0.326 e. The largest absolute Gasteiger partial charge is 0.480 e. The second-order valence-electron chi connectivity index (χ2n) is 4.97. The van der Waals surface area contributed by atoms with Gasteiger partial charge in [-0.2, -0.15) is 11.8 Å². The fourth-order valence-corrected chi connectivity index (χ4v) is 2.94. The van der Waals surface area contributed by atoms with Crippen LogP contribution in [0.2, 0.25) is 0 Å². The van der Waals surface area contributed by atoms with E-state index in [1.165, 1.54) is 0 Å². The highest BCUT2D eigenvalue weighted by Crippen LogP contribution is 2.13. The first-order valence-corrected chi connectivity index (χ1v) is 8.55. The molecule has 122 valence electrons. The Balaban J connectivity index is 2.48. The molecule has 3 N–H and O–H groups in total. The molecule has 1 aromatic rings. The van der Waals surface area contributed by atoms with Crippen LogP contribution in [0, 0.1) is 0 Å². The van der Waals surface area contributed by atoms with E-state index in [1.807, 2.05) is 0 Å². The van der Waals surface area contributed by atoms with Crippen LogP contribution in [0.25, 0.3) is 0 Å². The van der Waals surface area contributed by atoms with Crippen LogP contribution in [-0.4, -0.2) is 39.6 Å². The van der Waals surface area contributed by atoms with Crippen molar-refractivity contribution in [3.05, 3.63) is 35.9 Å². The van der Waals surface area contributed by atoms with Gasteiger partial charge in [-0.15, -0.1) is 0 Å². The van der Waals surface area contributed by atoms with E-state index in [2.05, 4.69) is 12.2 Å². The van der Waals surface area contributed by atoms with Gasteiger partial charge in [-0.05, 0) is 29.9 Å². The third-order valence-electron chi connectivity index (χ3n) is 3.17. The Morgan fingerprint density at radius 3 is 2.50 bits per heavy atom. The van der Waals surface area contributed by atoms with Gasteiger partial charge in [0.1, 0.15) is 6.04 Å². The average Bonchev–Trinajstić information content (AvgIpc) is 2.53. The summed E-state index contributed by atoms with van der Waals surface area (Å²) in [4.78, 5) is 23.2. The summed E-state index contributed by atoms with van der Waals surface area (Å²) < 4.78 is 0. The molecule has 1 amide bonds. The Kier molecular flexibility index (Phi) is 8.62. The van der Waals surface area contributed by atoms with Crippen LogP contribution in [0.1, 0.15) is 37.9 Å². The number of carbonyl (C=O) groups excluding carboxylic acids is 1. The lowest BCUT2D eigenvalue weighted by atomic mass is 10.1. The van der Waals surface area contributed by atoms with Gasteiger partial charge >= 0.3 is 5.97 Å². The molecule has 0 aromatic heterocycles. The molecule has 0 bridgehead atoms. The van der Waals surface area contributed by atoms with Crippen LogP contribution in [0.3, 0.4) is 0 Å². The SMILES string of the molecule is CCCCSCCC(NC(=O)C(O)c1ccccc1)C(=O)O. The molecule has 0 aliphatic heterocycles. The third kappa shape index (κ3) is 6.49. The number of hydrogen-bond acceptors (Lipinski definition) is 4. The minimum atomic E-state index is -1.35. The first kappa shape index (κ1) is 18.5. The lowest BCUT2D eigenvalue weighted by molar-refractivity contribution is -0.143. The van der Waals surface area contributed by atoms with Crippen LogP contribution in [-0.2, 0) is 9.59 Å². The van der Waals surface area contributed by atoms with E-state index in [9.17, 15) is 19.8 Å². The smallest absolute Gasteiger partial charge is 0.326 e. The molecule has 0 saturated carbocycles. The number of amides is 1. The van der Waals surface area contributed by atoms with E-state index < -0.39 is 24.0 Å². The van der Waals surface area contributed by atoms with Gasteiger partial charge in [-0.3, -0.25) is 4.79 Å². The number of rotatable bonds is 10. The number of thioether (sulfide) groups is 1. The Morgan fingerprint density at radius 2 is 1.91 bits per heavy atom. The van der Waals surface area contributed by atoms with E-state index in [4.69, 9.17) is 0 Å². The number of benzene rings is 1. The number of carboxylic acids is 1. The van der Waals surface area contributed by atoms with Gasteiger partial charge in [0.25, 0.3) is 5.91 Å². The van der Waals surface area contributed by atoms with Gasteiger partial charge < -0.3 is 15.5 Å². The van der Waals surface area contributed by atoms with E-state index >= 15 is 0 Å². The summed E-state index contributed by atoms with van der Waals surface area (Å²) in [6.45, 7) is 2.10. The summed E-state index contributed by atoms with van der Waals surface area (Å²) in [5.74, 6) is -0.107. The molecule has 0 saturated heterocycles. The lowest BCUT2D eigenvalue weighted by Crippen LogP contribution is -2.43. The predicted molar refractivity (Wildman–Crippen MR) is 87.8 cm³/mol. The van der Waals surface area contributed by atoms with E-state index in [0.29, 0.717) is 17.7 Å². The number of nitrogens with one attached hydrogen (secondary N) is 1. The van der Waals surface area contributed by atoms with E-state index in [-0.39, 0.29) is 0 Å². The van der Waals surface area contributed by atoms with Crippen molar-refractivity contribution in [3.63, 3.8) is 0 Å². The molecule has 2 atom stereocenters. The minimum Gasteiger partial charge on any atom is -0.480 e. The summed E-state index contributed by atoms with van der Waals surface area (Å²) in [6, 6.07) is 7.48. The van der Waals surface area contributed by atoms with E-state index in [1.54, 1.807) is 42.1 Å². The van der Waals surface area contributed by atoms with Crippen LogP contribution >= 0.6 is 11.8 Å². The Labute approximate surface area is 135 Å². The van der Waals surface area contributed by atoms with Crippen molar-refractivity contribution in [3.8, 4) is 0 Å². The number of unbranched alkanes of at least 4 members (excludes halogenated alkanes) is 1. The molecule has 5 nitrogen and oxygen atoms in total. The number of carboxylic acid groups (broad SMARTS) is 1. The van der Waals surface area contributed by atoms with Gasteiger partial charge in [0, 0.05) is 0 Å². The van der Waals surface area contributed by atoms with Crippen molar-refractivity contribution < 1.29 is 19.8 Å². The van der Waals surface area contributed by atoms with Gasteiger partial charge in [0.2, 0.25) is 0 Å². The Hall–Kier alpha value is -1.53. The zero-order valence-electron chi connectivity index (χ0n) is 12.7. The second-order valence-corrected chi connectivity index (χ2v) is 6.19. The second kappa shape index (κ2) is 10.2. The number of aliphatic hydroxyl groups is 1. The van der Waals surface area contributed by atoms with Crippen molar-refractivity contribution in [1.29, 1.82) is 0 Å². The molecule has 1 rings (SSSR count). The molecule has 0 aliphatic rings. The molecule has 0 aliphatic carbocycles. The lowest BCUT2D eigenvalue weighted by Gasteiger charge is -2.17. The monoisotopic (exact) mass is 325 g/mol. The summed E-state index contributed by atoms with van der Waals surface area (Å²) in [5.41, 5.74) is 0.446. The number of carbonyl (C=O) groups is 2. The zero-order chi connectivity index (χ0) is 16.4. The molecule has 2 unspecified atom stereocenters. The summed E-state index contributed by atoms with van der Waals surface area (Å²) in [5, 5.41) is 21.5. The number of aliphatic carboxylic acids is 1. The maximum atomic E-state index is 12.0. The molecule has 1 aromatic carbocycles. The highest BCUT2D eigenvalue weighted by molar-refractivity contribution is 7.99. The summed E-state index contributed by atoms with van der Waals surface area (Å²) in [6.07, 6.45) is 1.20. The van der Waals surface area contributed by atoms with Crippen molar-refractivity contribution >= 4 is 23.6 Å².